The van der Waals surface area contributed by atoms with E-state index < -0.39 is 11.2 Å². The maximum absolute atomic E-state index is 13.9. The summed E-state index contributed by atoms with van der Waals surface area (Å²) in [4.78, 5) is 40.8. The second-order valence-electron chi connectivity index (χ2n) is 9.47. The SMILES string of the molecule is Cc1cccc(-n2c(=O)c3c(c4cc(C)ccc4n3C)n(CC(=O)Nc3ccc(C)c(C)c3)c2=O)c1. The smallest absolute Gasteiger partial charge is 0.336 e. The lowest BCUT2D eigenvalue weighted by Crippen LogP contribution is -2.41. The zero-order chi connectivity index (χ0) is 25.7. The third kappa shape index (κ3) is 3.82. The molecule has 0 aliphatic rings. The first-order chi connectivity index (χ1) is 17.2. The Morgan fingerprint density at radius 1 is 0.833 bits per heavy atom. The summed E-state index contributed by atoms with van der Waals surface area (Å²) >= 11 is 0. The highest BCUT2D eigenvalue weighted by Gasteiger charge is 2.22. The molecular formula is C29H28N4O3. The van der Waals surface area contributed by atoms with Crippen molar-refractivity contribution in [3.63, 3.8) is 0 Å². The quantitative estimate of drug-likeness (QED) is 0.411. The molecule has 3 aromatic carbocycles. The molecule has 0 saturated heterocycles. The van der Waals surface area contributed by atoms with Gasteiger partial charge in [-0.3, -0.25) is 14.2 Å². The number of nitrogens with one attached hydrogen (secondary N) is 1. The van der Waals surface area contributed by atoms with Crippen molar-refractivity contribution in [3.05, 3.63) is 104 Å². The van der Waals surface area contributed by atoms with Crippen LogP contribution in [0.5, 0.6) is 0 Å². The summed E-state index contributed by atoms with van der Waals surface area (Å²) in [5, 5.41) is 3.67. The molecule has 2 heterocycles. The van der Waals surface area contributed by atoms with Gasteiger partial charge in [0.05, 0.1) is 16.7 Å². The number of aryl methyl sites for hydroxylation is 5. The van der Waals surface area contributed by atoms with Crippen LogP contribution in [0.4, 0.5) is 5.69 Å². The van der Waals surface area contributed by atoms with E-state index in [-0.39, 0.29) is 12.5 Å². The number of anilines is 1. The van der Waals surface area contributed by atoms with E-state index >= 15 is 0 Å². The fourth-order valence-corrected chi connectivity index (χ4v) is 4.77. The monoisotopic (exact) mass is 480 g/mol. The molecule has 0 unspecified atom stereocenters. The van der Waals surface area contributed by atoms with Gasteiger partial charge in [-0.1, -0.05) is 29.8 Å². The standard InChI is InChI=1S/C29H28N4O3/c1-17-7-6-8-22(13-17)33-28(35)27-26(23-14-18(2)9-12-24(23)31(27)5)32(29(33)36)16-25(34)30-21-11-10-19(3)20(4)15-21/h6-15H,16H2,1-5H3,(H,30,34). The van der Waals surface area contributed by atoms with Gasteiger partial charge in [0.25, 0.3) is 5.56 Å². The Balaban J connectivity index is 1.76. The van der Waals surface area contributed by atoms with Gasteiger partial charge in [-0.2, -0.15) is 0 Å². The molecule has 0 aliphatic carbocycles. The van der Waals surface area contributed by atoms with E-state index in [2.05, 4.69) is 5.32 Å². The van der Waals surface area contributed by atoms with Crippen LogP contribution in [0.2, 0.25) is 0 Å². The maximum Gasteiger partial charge on any atom is 0.336 e. The number of rotatable bonds is 4. The van der Waals surface area contributed by atoms with E-state index in [1.807, 2.05) is 83.3 Å². The molecule has 0 radical (unpaired) electrons. The summed E-state index contributed by atoms with van der Waals surface area (Å²) in [5.41, 5.74) is 5.92. The Morgan fingerprint density at radius 2 is 1.58 bits per heavy atom. The van der Waals surface area contributed by atoms with Crippen molar-refractivity contribution in [2.24, 2.45) is 7.05 Å². The first-order valence-electron chi connectivity index (χ1n) is 11.8. The summed E-state index contributed by atoms with van der Waals surface area (Å²) in [7, 11) is 1.81. The van der Waals surface area contributed by atoms with Crippen molar-refractivity contribution in [1.82, 2.24) is 13.7 Å². The van der Waals surface area contributed by atoms with Crippen molar-refractivity contribution in [2.75, 3.05) is 5.32 Å². The molecule has 1 N–H and O–H groups in total. The molecule has 5 rings (SSSR count). The lowest BCUT2D eigenvalue weighted by molar-refractivity contribution is -0.116. The highest BCUT2D eigenvalue weighted by molar-refractivity contribution is 6.06. The molecular weight excluding hydrogens is 452 g/mol. The molecule has 7 heteroatoms. The van der Waals surface area contributed by atoms with E-state index in [4.69, 9.17) is 0 Å². The number of carbonyl (C=O) groups excluding carboxylic acids is 1. The minimum Gasteiger partial charge on any atom is -0.338 e. The average Bonchev–Trinajstić information content (AvgIpc) is 3.11. The third-order valence-electron chi connectivity index (χ3n) is 6.78. The summed E-state index contributed by atoms with van der Waals surface area (Å²) < 4.78 is 4.37. The van der Waals surface area contributed by atoms with Crippen LogP contribution in [0.1, 0.15) is 22.3 Å². The van der Waals surface area contributed by atoms with Gasteiger partial charge < -0.3 is 9.88 Å². The molecule has 0 atom stereocenters. The van der Waals surface area contributed by atoms with Crippen LogP contribution >= 0.6 is 0 Å². The average molecular weight is 481 g/mol. The van der Waals surface area contributed by atoms with Crippen molar-refractivity contribution < 1.29 is 4.79 Å². The maximum atomic E-state index is 13.9. The zero-order valence-corrected chi connectivity index (χ0v) is 21.0. The fourth-order valence-electron chi connectivity index (χ4n) is 4.77. The molecule has 0 aliphatic heterocycles. The number of hydrogen-bond donors (Lipinski definition) is 1. The second-order valence-corrected chi connectivity index (χ2v) is 9.47. The van der Waals surface area contributed by atoms with Crippen LogP contribution < -0.4 is 16.6 Å². The van der Waals surface area contributed by atoms with E-state index in [0.29, 0.717) is 22.4 Å². The van der Waals surface area contributed by atoms with Crippen LogP contribution in [0.25, 0.3) is 27.6 Å². The Bertz CT molecular complexity index is 1800. The zero-order valence-electron chi connectivity index (χ0n) is 21.0. The van der Waals surface area contributed by atoms with Gasteiger partial charge in [0.2, 0.25) is 5.91 Å². The van der Waals surface area contributed by atoms with Gasteiger partial charge in [0.1, 0.15) is 12.1 Å². The highest BCUT2D eigenvalue weighted by atomic mass is 16.2. The Kier molecular flexibility index (Phi) is 5.63. The number of benzene rings is 3. The van der Waals surface area contributed by atoms with Crippen molar-refractivity contribution in [1.29, 1.82) is 0 Å². The van der Waals surface area contributed by atoms with Crippen LogP contribution in [-0.4, -0.2) is 19.6 Å². The third-order valence-corrected chi connectivity index (χ3v) is 6.78. The molecule has 0 fully saturated rings. The number of aromatic nitrogens is 3. The van der Waals surface area contributed by atoms with Gasteiger partial charge in [-0.05, 0) is 80.8 Å². The van der Waals surface area contributed by atoms with Crippen molar-refractivity contribution in [3.8, 4) is 5.69 Å². The second kappa shape index (κ2) is 8.68. The molecule has 182 valence electrons. The van der Waals surface area contributed by atoms with Crippen LogP contribution in [0, 0.1) is 27.7 Å². The van der Waals surface area contributed by atoms with Gasteiger partial charge in [-0.15, -0.1) is 0 Å². The minimum atomic E-state index is -0.553. The summed E-state index contributed by atoms with van der Waals surface area (Å²) in [5.74, 6) is -0.347. The lowest BCUT2D eigenvalue weighted by Gasteiger charge is -2.14. The Morgan fingerprint density at radius 3 is 2.31 bits per heavy atom. The fraction of sp³-hybridized carbons (Fsp3) is 0.207. The summed E-state index contributed by atoms with van der Waals surface area (Å²) in [6, 6.07) is 18.8. The van der Waals surface area contributed by atoms with Gasteiger partial charge in [0.15, 0.2) is 0 Å². The number of amides is 1. The lowest BCUT2D eigenvalue weighted by atomic mass is 10.1. The number of nitrogens with zero attached hydrogens (tertiary/aromatic N) is 3. The number of carbonyl (C=O) groups is 1. The van der Waals surface area contributed by atoms with E-state index in [9.17, 15) is 14.4 Å². The van der Waals surface area contributed by atoms with Gasteiger partial charge in [-0.25, -0.2) is 9.36 Å². The van der Waals surface area contributed by atoms with Gasteiger partial charge in [0, 0.05) is 18.1 Å². The van der Waals surface area contributed by atoms with Crippen molar-refractivity contribution >= 4 is 33.5 Å². The highest BCUT2D eigenvalue weighted by Crippen LogP contribution is 2.27. The molecule has 0 bridgehead atoms. The van der Waals surface area contributed by atoms with Crippen LogP contribution in [-0.2, 0) is 18.4 Å². The summed E-state index contributed by atoms with van der Waals surface area (Å²) in [6.07, 6.45) is 0. The van der Waals surface area contributed by atoms with Crippen LogP contribution in [0.3, 0.4) is 0 Å². The molecule has 7 nitrogen and oxygen atoms in total. The molecule has 36 heavy (non-hydrogen) atoms. The first kappa shape index (κ1) is 23.4. The molecule has 5 aromatic rings. The number of fused-ring (bicyclic) bond motifs is 3. The topological polar surface area (TPSA) is 78.0 Å². The van der Waals surface area contributed by atoms with Crippen molar-refractivity contribution in [2.45, 2.75) is 34.2 Å². The summed E-state index contributed by atoms with van der Waals surface area (Å²) in [6.45, 7) is 7.62. The molecule has 1 amide bonds. The molecule has 0 spiro atoms. The largest absolute Gasteiger partial charge is 0.338 e. The Hall–Kier alpha value is -4.39. The van der Waals surface area contributed by atoms with Gasteiger partial charge >= 0.3 is 5.69 Å². The predicted molar refractivity (Wildman–Crippen MR) is 144 cm³/mol. The van der Waals surface area contributed by atoms with E-state index in [0.717, 1.165) is 37.7 Å². The number of hydrogen-bond acceptors (Lipinski definition) is 3. The van der Waals surface area contributed by atoms with E-state index in [1.165, 1.54) is 4.57 Å². The molecule has 0 saturated carbocycles. The minimum absolute atomic E-state index is 0.235. The normalized spacial score (nSPS) is 11.4. The van der Waals surface area contributed by atoms with Crippen LogP contribution in [0.15, 0.2) is 70.3 Å². The first-order valence-corrected chi connectivity index (χ1v) is 11.8. The Labute approximate surface area is 208 Å². The molecule has 2 aromatic heterocycles. The van der Waals surface area contributed by atoms with E-state index in [1.54, 1.807) is 16.7 Å². The predicted octanol–water partition coefficient (Wildman–Crippen LogP) is 4.52.